The zero-order valence-corrected chi connectivity index (χ0v) is 6.22. The first-order valence-corrected chi connectivity index (χ1v) is 3.75. The lowest BCUT2D eigenvalue weighted by Crippen LogP contribution is -2.24. The third-order valence-corrected chi connectivity index (χ3v) is 2.05. The van der Waals surface area contributed by atoms with Gasteiger partial charge in [0.15, 0.2) is 0 Å². The molecule has 1 aliphatic rings. The number of rotatable bonds is 1. The zero-order chi connectivity index (χ0) is 7.56. The molecule has 0 radical (unpaired) electrons. The number of hydrogen-bond acceptors (Lipinski definition) is 2. The molecule has 0 aromatic carbocycles. The summed E-state index contributed by atoms with van der Waals surface area (Å²) in [7, 11) is 0. The van der Waals surface area contributed by atoms with Crippen LogP contribution in [-0.2, 0) is 9.59 Å². The minimum Gasteiger partial charge on any atom is -0.299 e. The predicted molar refractivity (Wildman–Crippen MR) is 37.6 cm³/mol. The lowest BCUT2D eigenvalue weighted by Gasteiger charge is -2.16. The fourth-order valence-corrected chi connectivity index (χ4v) is 1.41. The lowest BCUT2D eigenvalue weighted by molar-refractivity contribution is -0.133. The minimum absolute atomic E-state index is 0.0460. The van der Waals surface area contributed by atoms with Gasteiger partial charge < -0.3 is 0 Å². The summed E-state index contributed by atoms with van der Waals surface area (Å²) in [5.74, 6) is -0.0581. The topological polar surface area (TPSA) is 34.1 Å². The van der Waals surface area contributed by atoms with Crippen molar-refractivity contribution in [3.05, 3.63) is 0 Å². The second-order valence-electron chi connectivity index (χ2n) is 2.88. The monoisotopic (exact) mass is 140 g/mol. The average molecular weight is 140 g/mol. The van der Waals surface area contributed by atoms with Gasteiger partial charge >= 0.3 is 0 Å². The summed E-state index contributed by atoms with van der Waals surface area (Å²) in [5.41, 5.74) is 0. The van der Waals surface area contributed by atoms with Gasteiger partial charge in [-0.2, -0.15) is 0 Å². The Balaban J connectivity index is 2.56. The van der Waals surface area contributed by atoms with Crippen LogP contribution in [0.2, 0.25) is 0 Å². The second kappa shape index (κ2) is 2.95. The maximum atomic E-state index is 11.0. The highest BCUT2D eigenvalue weighted by Crippen LogP contribution is 2.20. The van der Waals surface area contributed by atoms with E-state index in [9.17, 15) is 9.59 Å². The van der Waals surface area contributed by atoms with E-state index in [-0.39, 0.29) is 17.5 Å². The summed E-state index contributed by atoms with van der Waals surface area (Å²) in [5, 5.41) is 0. The first-order valence-electron chi connectivity index (χ1n) is 3.75. The standard InChI is InChI=1S/C8H12O2/c1-6(9)7-4-2-3-5-8(7)10/h7H,2-5H2,1H3/t7-/m1/s1. The van der Waals surface area contributed by atoms with Crippen LogP contribution >= 0.6 is 0 Å². The summed E-state index contributed by atoms with van der Waals surface area (Å²) >= 11 is 0. The van der Waals surface area contributed by atoms with E-state index in [0.717, 1.165) is 19.3 Å². The van der Waals surface area contributed by atoms with Gasteiger partial charge in [-0.3, -0.25) is 9.59 Å². The fourth-order valence-electron chi connectivity index (χ4n) is 1.41. The van der Waals surface area contributed by atoms with E-state index in [0.29, 0.717) is 6.42 Å². The normalized spacial score (nSPS) is 26.5. The number of Topliss-reactive ketones (excluding diaryl/α,β-unsaturated/α-hetero) is 2. The van der Waals surface area contributed by atoms with E-state index in [1.54, 1.807) is 0 Å². The molecule has 2 heteroatoms. The Morgan fingerprint density at radius 3 is 2.60 bits per heavy atom. The molecule has 0 heterocycles. The lowest BCUT2D eigenvalue weighted by atomic mass is 9.86. The summed E-state index contributed by atoms with van der Waals surface area (Å²) in [6, 6.07) is 0. The van der Waals surface area contributed by atoms with Crippen LogP contribution in [0, 0.1) is 5.92 Å². The Bertz CT molecular complexity index is 161. The van der Waals surface area contributed by atoms with Gasteiger partial charge in [0.05, 0.1) is 5.92 Å². The van der Waals surface area contributed by atoms with Crippen LogP contribution in [0.1, 0.15) is 32.6 Å². The molecule has 56 valence electrons. The predicted octanol–water partition coefficient (Wildman–Crippen LogP) is 1.33. The molecule has 0 amide bonds. The number of carbonyl (C=O) groups is 2. The van der Waals surface area contributed by atoms with Crippen LogP contribution in [0.3, 0.4) is 0 Å². The van der Waals surface area contributed by atoms with Crippen molar-refractivity contribution in [3.63, 3.8) is 0 Å². The molecule has 1 atom stereocenters. The first-order chi connectivity index (χ1) is 4.72. The van der Waals surface area contributed by atoms with E-state index in [4.69, 9.17) is 0 Å². The fraction of sp³-hybridized carbons (Fsp3) is 0.750. The van der Waals surface area contributed by atoms with Crippen LogP contribution in [-0.4, -0.2) is 11.6 Å². The van der Waals surface area contributed by atoms with Gasteiger partial charge in [-0.05, 0) is 19.8 Å². The van der Waals surface area contributed by atoms with Gasteiger partial charge in [0.1, 0.15) is 11.6 Å². The summed E-state index contributed by atoms with van der Waals surface area (Å²) in [6.45, 7) is 1.51. The molecule has 0 N–H and O–H groups in total. The van der Waals surface area contributed by atoms with E-state index >= 15 is 0 Å². The number of ketones is 2. The van der Waals surface area contributed by atoms with Crippen molar-refractivity contribution < 1.29 is 9.59 Å². The highest BCUT2D eigenvalue weighted by molar-refractivity contribution is 6.01. The highest BCUT2D eigenvalue weighted by Gasteiger charge is 2.25. The Labute approximate surface area is 60.6 Å². The van der Waals surface area contributed by atoms with E-state index < -0.39 is 0 Å². The van der Waals surface area contributed by atoms with Gasteiger partial charge in [-0.25, -0.2) is 0 Å². The van der Waals surface area contributed by atoms with Crippen molar-refractivity contribution in [3.8, 4) is 0 Å². The van der Waals surface area contributed by atoms with Crippen molar-refractivity contribution >= 4 is 11.6 Å². The smallest absolute Gasteiger partial charge is 0.143 e. The third kappa shape index (κ3) is 1.43. The molecule has 0 aromatic rings. The first kappa shape index (κ1) is 7.45. The highest BCUT2D eigenvalue weighted by atomic mass is 16.1. The van der Waals surface area contributed by atoms with Gasteiger partial charge in [0.2, 0.25) is 0 Å². The Kier molecular flexibility index (Phi) is 2.20. The van der Waals surface area contributed by atoms with E-state index in [1.807, 2.05) is 0 Å². The van der Waals surface area contributed by atoms with Gasteiger partial charge in [0.25, 0.3) is 0 Å². The quantitative estimate of drug-likeness (QED) is 0.515. The molecule has 0 aliphatic heterocycles. The molecule has 1 fully saturated rings. The molecule has 0 bridgehead atoms. The Morgan fingerprint density at radius 1 is 1.50 bits per heavy atom. The molecule has 0 spiro atoms. The van der Waals surface area contributed by atoms with E-state index in [1.165, 1.54) is 6.92 Å². The minimum atomic E-state index is -0.256. The summed E-state index contributed by atoms with van der Waals surface area (Å²) in [4.78, 5) is 21.8. The van der Waals surface area contributed by atoms with Crippen molar-refractivity contribution in [2.45, 2.75) is 32.6 Å². The van der Waals surface area contributed by atoms with Crippen molar-refractivity contribution in [2.75, 3.05) is 0 Å². The van der Waals surface area contributed by atoms with Crippen LogP contribution in [0.4, 0.5) is 0 Å². The summed E-state index contributed by atoms with van der Waals surface area (Å²) < 4.78 is 0. The molecule has 1 saturated carbocycles. The van der Waals surface area contributed by atoms with Gasteiger partial charge in [-0.1, -0.05) is 6.42 Å². The SMILES string of the molecule is CC(=O)[C@H]1CCCCC1=O. The van der Waals surface area contributed by atoms with Crippen molar-refractivity contribution in [1.82, 2.24) is 0 Å². The molecule has 10 heavy (non-hydrogen) atoms. The average Bonchev–Trinajstić information content (AvgIpc) is 1.88. The Hall–Kier alpha value is -0.660. The van der Waals surface area contributed by atoms with Crippen molar-refractivity contribution in [2.24, 2.45) is 5.92 Å². The maximum Gasteiger partial charge on any atom is 0.143 e. The van der Waals surface area contributed by atoms with Crippen LogP contribution in [0.5, 0.6) is 0 Å². The van der Waals surface area contributed by atoms with Gasteiger partial charge in [-0.15, -0.1) is 0 Å². The molecular formula is C8H12O2. The largest absolute Gasteiger partial charge is 0.299 e. The third-order valence-electron chi connectivity index (χ3n) is 2.05. The number of carbonyl (C=O) groups excluding carboxylic acids is 2. The molecular weight excluding hydrogens is 128 g/mol. The molecule has 1 aliphatic carbocycles. The molecule has 2 nitrogen and oxygen atoms in total. The van der Waals surface area contributed by atoms with Crippen LogP contribution in [0.15, 0.2) is 0 Å². The molecule has 0 saturated heterocycles. The maximum absolute atomic E-state index is 11.0. The molecule has 0 unspecified atom stereocenters. The molecule has 1 rings (SSSR count). The Morgan fingerprint density at radius 2 is 2.20 bits per heavy atom. The molecule has 0 aromatic heterocycles. The van der Waals surface area contributed by atoms with Crippen LogP contribution in [0.25, 0.3) is 0 Å². The van der Waals surface area contributed by atoms with Crippen molar-refractivity contribution in [1.29, 1.82) is 0 Å². The van der Waals surface area contributed by atoms with Gasteiger partial charge in [0, 0.05) is 6.42 Å². The zero-order valence-electron chi connectivity index (χ0n) is 6.22. The number of hydrogen-bond donors (Lipinski definition) is 0. The second-order valence-corrected chi connectivity index (χ2v) is 2.88. The van der Waals surface area contributed by atoms with Crippen LogP contribution < -0.4 is 0 Å². The van der Waals surface area contributed by atoms with E-state index in [2.05, 4.69) is 0 Å². The summed E-state index contributed by atoms with van der Waals surface area (Å²) in [6.07, 6.45) is 3.41.